The first kappa shape index (κ1) is 15.6. The molecule has 0 unspecified atom stereocenters. The van der Waals surface area contributed by atoms with Crippen molar-refractivity contribution in [3.63, 3.8) is 0 Å². The fourth-order valence-corrected chi connectivity index (χ4v) is 3.24. The van der Waals surface area contributed by atoms with Crippen LogP contribution in [0, 0.1) is 13.8 Å². The number of hydrogen-bond donors (Lipinski definition) is 0. The number of nitrogens with zero attached hydrogens (tertiary/aromatic N) is 4. The normalized spacial score (nSPS) is 13.8. The lowest BCUT2D eigenvalue weighted by Crippen LogP contribution is -2.35. The highest BCUT2D eigenvalue weighted by molar-refractivity contribution is 6.05. The van der Waals surface area contributed by atoms with Crippen molar-refractivity contribution in [2.75, 3.05) is 11.4 Å². The van der Waals surface area contributed by atoms with Crippen molar-refractivity contribution in [1.29, 1.82) is 0 Å². The second kappa shape index (κ2) is 6.20. The molecule has 128 valence electrons. The first-order valence-corrected chi connectivity index (χ1v) is 8.46. The number of hydrogen-bond acceptors (Lipinski definition) is 4. The molecule has 1 aliphatic rings. The summed E-state index contributed by atoms with van der Waals surface area (Å²) in [5.41, 5.74) is 4.77. The molecule has 3 aromatic rings. The molecule has 0 N–H and O–H groups in total. The summed E-state index contributed by atoms with van der Waals surface area (Å²) in [6, 6.07) is 7.98. The lowest BCUT2D eigenvalue weighted by atomic mass is 9.99. The van der Waals surface area contributed by atoms with E-state index >= 15 is 0 Å². The van der Waals surface area contributed by atoms with Gasteiger partial charge in [-0.25, -0.2) is 0 Å². The summed E-state index contributed by atoms with van der Waals surface area (Å²) >= 11 is 0. The number of carbonyl (C=O) groups is 1. The van der Waals surface area contributed by atoms with E-state index < -0.39 is 0 Å². The first-order chi connectivity index (χ1) is 12.1. The highest BCUT2D eigenvalue weighted by atomic mass is 16.5. The third-order valence-corrected chi connectivity index (χ3v) is 4.46. The van der Waals surface area contributed by atoms with Crippen LogP contribution < -0.4 is 4.90 Å². The molecular formula is C19H20N4O2. The number of fused-ring (bicyclic) bond motifs is 1. The van der Waals surface area contributed by atoms with Crippen LogP contribution in [0.15, 0.2) is 41.2 Å². The molecule has 0 bridgehead atoms. The molecule has 6 nitrogen and oxygen atoms in total. The molecule has 0 spiro atoms. The van der Waals surface area contributed by atoms with Crippen molar-refractivity contribution in [1.82, 2.24) is 14.9 Å². The highest BCUT2D eigenvalue weighted by Gasteiger charge is 2.26. The van der Waals surface area contributed by atoms with Gasteiger partial charge in [0, 0.05) is 24.5 Å². The second-order valence-corrected chi connectivity index (χ2v) is 6.59. The summed E-state index contributed by atoms with van der Waals surface area (Å²) in [7, 11) is 0. The second-order valence-electron chi connectivity index (χ2n) is 6.59. The zero-order chi connectivity index (χ0) is 17.4. The number of anilines is 1. The molecule has 0 saturated carbocycles. The van der Waals surface area contributed by atoms with Crippen LogP contribution in [0.1, 0.15) is 39.4 Å². The van der Waals surface area contributed by atoms with Crippen LogP contribution in [-0.2, 0) is 13.0 Å². The van der Waals surface area contributed by atoms with Gasteiger partial charge in [-0.2, -0.15) is 5.10 Å². The van der Waals surface area contributed by atoms with Crippen molar-refractivity contribution in [2.45, 2.75) is 33.2 Å². The Labute approximate surface area is 146 Å². The summed E-state index contributed by atoms with van der Waals surface area (Å²) < 4.78 is 7.11. The van der Waals surface area contributed by atoms with Crippen LogP contribution >= 0.6 is 0 Å². The number of aromatic nitrogens is 3. The Bertz CT molecular complexity index is 925. The summed E-state index contributed by atoms with van der Waals surface area (Å²) in [5.74, 6) is 0.506. The minimum absolute atomic E-state index is 0.113. The molecule has 4 rings (SSSR count). The zero-order valence-electron chi connectivity index (χ0n) is 14.4. The van der Waals surface area contributed by atoms with Crippen molar-refractivity contribution in [2.24, 2.45) is 0 Å². The van der Waals surface area contributed by atoms with Gasteiger partial charge < -0.3 is 9.42 Å². The predicted octanol–water partition coefficient (Wildman–Crippen LogP) is 3.13. The van der Waals surface area contributed by atoms with E-state index in [1.807, 2.05) is 24.9 Å². The lowest BCUT2D eigenvalue weighted by Gasteiger charge is -2.29. The van der Waals surface area contributed by atoms with E-state index in [0.717, 1.165) is 29.7 Å². The molecule has 2 aromatic heterocycles. The van der Waals surface area contributed by atoms with Gasteiger partial charge in [-0.3, -0.25) is 9.48 Å². The number of benzene rings is 1. The van der Waals surface area contributed by atoms with Gasteiger partial charge in [0.1, 0.15) is 6.54 Å². The molecule has 6 heteroatoms. The third-order valence-electron chi connectivity index (χ3n) is 4.46. The smallest absolute Gasteiger partial charge is 0.280 e. The van der Waals surface area contributed by atoms with E-state index in [0.29, 0.717) is 24.5 Å². The largest absolute Gasteiger partial charge is 0.359 e. The molecule has 0 aliphatic carbocycles. The minimum Gasteiger partial charge on any atom is -0.359 e. The van der Waals surface area contributed by atoms with Crippen LogP contribution in [0.5, 0.6) is 0 Å². The van der Waals surface area contributed by atoms with E-state index in [9.17, 15) is 4.79 Å². The Morgan fingerprint density at radius 1 is 1.24 bits per heavy atom. The maximum Gasteiger partial charge on any atom is 0.280 e. The molecule has 3 heterocycles. The van der Waals surface area contributed by atoms with Crippen LogP contribution in [0.3, 0.4) is 0 Å². The fourth-order valence-electron chi connectivity index (χ4n) is 3.24. The molecule has 0 atom stereocenters. The van der Waals surface area contributed by atoms with Crippen LogP contribution in [0.2, 0.25) is 0 Å². The number of aryl methyl sites for hydroxylation is 3. The summed E-state index contributed by atoms with van der Waals surface area (Å²) in [4.78, 5) is 14.7. The monoisotopic (exact) mass is 336 g/mol. The summed E-state index contributed by atoms with van der Waals surface area (Å²) in [5, 5.41) is 8.21. The number of rotatable bonds is 3. The number of carbonyl (C=O) groups excluding carboxylic acids is 1. The van der Waals surface area contributed by atoms with Gasteiger partial charge in [-0.1, -0.05) is 17.3 Å². The maximum absolute atomic E-state index is 12.9. The molecule has 0 fully saturated rings. The molecule has 25 heavy (non-hydrogen) atoms. The van der Waals surface area contributed by atoms with Crippen LogP contribution in [-0.4, -0.2) is 27.4 Å². The molecular weight excluding hydrogens is 316 g/mol. The molecule has 0 saturated heterocycles. The predicted molar refractivity (Wildman–Crippen MR) is 93.7 cm³/mol. The highest BCUT2D eigenvalue weighted by Crippen LogP contribution is 2.29. The minimum atomic E-state index is -0.113. The average molecular weight is 336 g/mol. The van der Waals surface area contributed by atoms with Gasteiger partial charge in [0.05, 0.1) is 6.20 Å². The van der Waals surface area contributed by atoms with Crippen molar-refractivity contribution in [3.05, 3.63) is 64.8 Å². The van der Waals surface area contributed by atoms with Gasteiger partial charge in [0.2, 0.25) is 0 Å². The van der Waals surface area contributed by atoms with Crippen molar-refractivity contribution >= 4 is 11.6 Å². The van der Waals surface area contributed by atoms with E-state index in [2.05, 4.69) is 28.5 Å². The van der Waals surface area contributed by atoms with Crippen LogP contribution in [0.25, 0.3) is 0 Å². The molecule has 1 amide bonds. The zero-order valence-corrected chi connectivity index (χ0v) is 14.4. The quantitative estimate of drug-likeness (QED) is 0.737. The Hall–Kier alpha value is -2.89. The Morgan fingerprint density at radius 3 is 2.92 bits per heavy atom. The topological polar surface area (TPSA) is 64.2 Å². The van der Waals surface area contributed by atoms with E-state index in [1.54, 1.807) is 16.9 Å². The molecule has 0 radical (unpaired) electrons. The van der Waals surface area contributed by atoms with E-state index in [1.165, 1.54) is 5.56 Å². The van der Waals surface area contributed by atoms with Gasteiger partial charge in [-0.15, -0.1) is 0 Å². The fraction of sp³-hybridized carbons (Fsp3) is 0.316. The van der Waals surface area contributed by atoms with Crippen molar-refractivity contribution in [3.8, 4) is 0 Å². The maximum atomic E-state index is 12.9. The van der Waals surface area contributed by atoms with Gasteiger partial charge in [0.25, 0.3) is 5.91 Å². The van der Waals surface area contributed by atoms with Gasteiger partial charge in [0.15, 0.2) is 11.5 Å². The number of amides is 1. The van der Waals surface area contributed by atoms with Gasteiger partial charge in [-0.05, 0) is 49.4 Å². The first-order valence-electron chi connectivity index (χ1n) is 8.46. The summed E-state index contributed by atoms with van der Waals surface area (Å²) in [6.45, 7) is 5.19. The van der Waals surface area contributed by atoms with E-state index in [-0.39, 0.29) is 5.91 Å². The molecule has 1 aromatic carbocycles. The SMILES string of the molecule is Cc1ccc2c(c1)N(C(=O)c1cc(Cn3cc(C)cn3)on1)CCC2. The van der Waals surface area contributed by atoms with Gasteiger partial charge >= 0.3 is 0 Å². The van der Waals surface area contributed by atoms with Crippen LogP contribution in [0.4, 0.5) is 5.69 Å². The summed E-state index contributed by atoms with van der Waals surface area (Å²) in [6.07, 6.45) is 5.67. The van der Waals surface area contributed by atoms with E-state index in [4.69, 9.17) is 4.52 Å². The standard InChI is InChI=1S/C19H20N4O2/c1-13-5-6-15-4-3-7-23(18(15)8-13)19(24)17-9-16(25-21-17)12-22-11-14(2)10-20-22/h5-6,8-11H,3-4,7,12H2,1-2H3. The van der Waals surface area contributed by atoms with Crippen molar-refractivity contribution < 1.29 is 9.32 Å². The molecule has 1 aliphatic heterocycles. The third kappa shape index (κ3) is 3.07. The Kier molecular flexibility index (Phi) is 3.87. The lowest BCUT2D eigenvalue weighted by molar-refractivity contribution is 0.0976. The Balaban J connectivity index is 1.57. The Morgan fingerprint density at radius 2 is 2.12 bits per heavy atom. The average Bonchev–Trinajstić information content (AvgIpc) is 3.23.